The van der Waals surface area contributed by atoms with E-state index >= 15 is 0 Å². The Hall–Kier alpha value is -2.30. The highest BCUT2D eigenvalue weighted by atomic mass is 16.3. The molecule has 3 rings (SSSR count). The zero-order chi connectivity index (χ0) is 15.5. The van der Waals surface area contributed by atoms with Crippen molar-refractivity contribution < 1.29 is 14.7 Å². The van der Waals surface area contributed by atoms with Crippen molar-refractivity contribution in [3.8, 4) is 0 Å². The molecule has 0 spiro atoms. The van der Waals surface area contributed by atoms with Gasteiger partial charge >= 0.3 is 0 Å². The van der Waals surface area contributed by atoms with Crippen LogP contribution in [0, 0.1) is 0 Å². The fraction of sp³-hybridized carbons (Fsp3) is 0.412. The van der Waals surface area contributed by atoms with Crippen molar-refractivity contribution in [1.29, 1.82) is 0 Å². The second kappa shape index (κ2) is 6.22. The number of carbonyl (C=O) groups excluding carboxylic acids is 2. The molecular formula is C17H20N2O3. The summed E-state index contributed by atoms with van der Waals surface area (Å²) in [6, 6.07) is 9.17. The topological polar surface area (TPSA) is 69.6 Å². The lowest BCUT2D eigenvalue weighted by molar-refractivity contribution is -0.122. The van der Waals surface area contributed by atoms with E-state index in [0.29, 0.717) is 5.69 Å². The number of rotatable bonds is 3. The predicted molar refractivity (Wildman–Crippen MR) is 83.5 cm³/mol. The molecule has 2 amide bonds. The van der Waals surface area contributed by atoms with Crippen LogP contribution in [0.2, 0.25) is 0 Å². The van der Waals surface area contributed by atoms with E-state index < -0.39 is 11.8 Å². The molecule has 1 aliphatic heterocycles. The van der Waals surface area contributed by atoms with Gasteiger partial charge in [0.15, 0.2) is 0 Å². The summed E-state index contributed by atoms with van der Waals surface area (Å²) in [7, 11) is 0. The number of para-hydroxylation sites is 1. The van der Waals surface area contributed by atoms with Crippen LogP contribution in [0.5, 0.6) is 0 Å². The Morgan fingerprint density at radius 2 is 1.82 bits per heavy atom. The number of benzene rings is 1. The third kappa shape index (κ3) is 2.84. The molecule has 1 saturated carbocycles. The molecule has 1 fully saturated rings. The van der Waals surface area contributed by atoms with Gasteiger partial charge in [-0.15, -0.1) is 0 Å². The molecule has 0 unspecified atom stereocenters. The Morgan fingerprint density at radius 3 is 2.50 bits per heavy atom. The highest BCUT2D eigenvalue weighted by molar-refractivity contribution is 6.26. The summed E-state index contributed by atoms with van der Waals surface area (Å²) < 4.78 is 0. The van der Waals surface area contributed by atoms with Gasteiger partial charge in [0, 0.05) is 11.7 Å². The normalized spacial score (nSPS) is 19.6. The van der Waals surface area contributed by atoms with Gasteiger partial charge < -0.3 is 15.3 Å². The number of anilines is 1. The molecule has 22 heavy (non-hydrogen) atoms. The molecule has 0 bridgehead atoms. The van der Waals surface area contributed by atoms with Crippen LogP contribution < -0.4 is 10.2 Å². The Bertz CT molecular complexity index is 604. The maximum atomic E-state index is 12.4. The summed E-state index contributed by atoms with van der Waals surface area (Å²) in [5.41, 5.74) is 0.564. The molecule has 1 aliphatic carbocycles. The molecule has 1 aromatic rings. The van der Waals surface area contributed by atoms with E-state index in [1.165, 1.54) is 11.3 Å². The van der Waals surface area contributed by atoms with Crippen molar-refractivity contribution in [2.24, 2.45) is 0 Å². The van der Waals surface area contributed by atoms with Gasteiger partial charge in [0.25, 0.3) is 11.8 Å². The van der Waals surface area contributed by atoms with Crippen LogP contribution in [0.15, 0.2) is 41.7 Å². The van der Waals surface area contributed by atoms with Crippen LogP contribution in [-0.4, -0.2) is 29.5 Å². The number of amides is 2. The summed E-state index contributed by atoms with van der Waals surface area (Å²) in [6.45, 7) is 0.0519. The van der Waals surface area contributed by atoms with Crippen LogP contribution in [0.25, 0.3) is 0 Å². The van der Waals surface area contributed by atoms with E-state index in [2.05, 4.69) is 5.32 Å². The van der Waals surface area contributed by atoms with Gasteiger partial charge in [0.2, 0.25) is 0 Å². The first kappa shape index (κ1) is 14.6. The lowest BCUT2D eigenvalue weighted by atomic mass is 9.95. The fourth-order valence-corrected chi connectivity index (χ4v) is 3.11. The zero-order valence-electron chi connectivity index (χ0n) is 12.4. The van der Waals surface area contributed by atoms with E-state index in [4.69, 9.17) is 0 Å². The molecule has 0 saturated heterocycles. The summed E-state index contributed by atoms with van der Waals surface area (Å²) in [5.74, 6) is -1.04. The third-order valence-electron chi connectivity index (χ3n) is 4.29. The van der Waals surface area contributed by atoms with Crippen molar-refractivity contribution in [3.05, 3.63) is 41.7 Å². The second-order valence-corrected chi connectivity index (χ2v) is 5.86. The monoisotopic (exact) mass is 300 g/mol. The molecular weight excluding hydrogens is 280 g/mol. The Balaban J connectivity index is 1.72. The average molecular weight is 300 g/mol. The molecule has 2 N–H and O–H groups in total. The van der Waals surface area contributed by atoms with Gasteiger partial charge in [-0.05, 0) is 25.0 Å². The second-order valence-electron chi connectivity index (χ2n) is 5.86. The highest BCUT2D eigenvalue weighted by Gasteiger charge is 2.36. The maximum Gasteiger partial charge on any atom is 0.267 e. The number of nitrogens with zero attached hydrogens (tertiary/aromatic N) is 1. The molecule has 1 aromatic carbocycles. The van der Waals surface area contributed by atoms with Crippen molar-refractivity contribution in [3.63, 3.8) is 0 Å². The number of hydrogen-bond acceptors (Lipinski definition) is 3. The lowest BCUT2D eigenvalue weighted by Crippen LogP contribution is -2.39. The van der Waals surface area contributed by atoms with Crippen molar-refractivity contribution in [2.75, 3.05) is 11.4 Å². The molecule has 116 valence electrons. The molecule has 1 heterocycles. The minimum atomic E-state index is -0.451. The number of aliphatic hydroxyl groups excluding tert-OH is 1. The number of aliphatic hydroxyl groups is 1. The first-order chi connectivity index (χ1) is 10.7. The van der Waals surface area contributed by atoms with Crippen LogP contribution in [0.3, 0.4) is 0 Å². The quantitative estimate of drug-likeness (QED) is 0.842. The largest absolute Gasteiger partial charge is 0.509 e. The molecule has 5 nitrogen and oxygen atoms in total. The maximum absolute atomic E-state index is 12.4. The Morgan fingerprint density at radius 1 is 1.14 bits per heavy atom. The summed E-state index contributed by atoms with van der Waals surface area (Å²) in [5, 5.41) is 12.9. The van der Waals surface area contributed by atoms with Gasteiger partial charge in [0.1, 0.15) is 11.3 Å². The van der Waals surface area contributed by atoms with Gasteiger partial charge in [-0.1, -0.05) is 37.5 Å². The van der Waals surface area contributed by atoms with Crippen molar-refractivity contribution >= 4 is 17.5 Å². The summed E-state index contributed by atoms with van der Waals surface area (Å²) >= 11 is 0. The Labute approximate surface area is 129 Å². The van der Waals surface area contributed by atoms with E-state index in [1.807, 2.05) is 18.2 Å². The first-order valence-corrected chi connectivity index (χ1v) is 7.76. The zero-order valence-corrected chi connectivity index (χ0v) is 12.4. The minimum absolute atomic E-state index is 0.0519. The SMILES string of the molecule is O=C(NC1CCCCC1)C1=C(O)CN(c2ccccc2)C1=O. The molecule has 0 atom stereocenters. The number of hydrogen-bond donors (Lipinski definition) is 2. The first-order valence-electron chi connectivity index (χ1n) is 7.76. The van der Waals surface area contributed by atoms with E-state index in [9.17, 15) is 14.7 Å². The van der Waals surface area contributed by atoms with Crippen LogP contribution >= 0.6 is 0 Å². The third-order valence-corrected chi connectivity index (χ3v) is 4.29. The molecule has 0 radical (unpaired) electrons. The van der Waals surface area contributed by atoms with Gasteiger partial charge in [0.05, 0.1) is 6.54 Å². The van der Waals surface area contributed by atoms with Crippen LogP contribution in [-0.2, 0) is 9.59 Å². The smallest absolute Gasteiger partial charge is 0.267 e. The lowest BCUT2D eigenvalue weighted by Gasteiger charge is -2.23. The molecule has 0 aromatic heterocycles. The van der Waals surface area contributed by atoms with Crippen molar-refractivity contribution in [1.82, 2.24) is 5.32 Å². The summed E-state index contributed by atoms with van der Waals surface area (Å²) in [6.07, 6.45) is 5.27. The van der Waals surface area contributed by atoms with E-state index in [1.54, 1.807) is 12.1 Å². The standard InChI is InChI=1S/C17H20N2O3/c20-14-11-19(13-9-5-2-6-10-13)17(22)15(14)16(21)18-12-7-3-1-4-8-12/h2,5-6,9-10,12,20H,1,3-4,7-8,11H2,(H,18,21). The minimum Gasteiger partial charge on any atom is -0.509 e. The molecule has 5 heteroatoms. The number of nitrogens with one attached hydrogen (secondary N) is 1. The van der Waals surface area contributed by atoms with Crippen molar-refractivity contribution in [2.45, 2.75) is 38.1 Å². The van der Waals surface area contributed by atoms with E-state index in [0.717, 1.165) is 25.7 Å². The summed E-state index contributed by atoms with van der Waals surface area (Å²) in [4.78, 5) is 26.2. The predicted octanol–water partition coefficient (Wildman–Crippen LogP) is 2.29. The number of carbonyl (C=O) groups is 2. The van der Waals surface area contributed by atoms with Gasteiger partial charge in [-0.2, -0.15) is 0 Å². The Kier molecular flexibility index (Phi) is 4.13. The van der Waals surface area contributed by atoms with E-state index in [-0.39, 0.29) is 23.9 Å². The molecule has 2 aliphatic rings. The fourth-order valence-electron chi connectivity index (χ4n) is 3.11. The average Bonchev–Trinajstić information content (AvgIpc) is 2.84. The highest BCUT2D eigenvalue weighted by Crippen LogP contribution is 2.25. The van der Waals surface area contributed by atoms with Gasteiger partial charge in [-0.25, -0.2) is 0 Å². The van der Waals surface area contributed by atoms with Crippen LogP contribution in [0.1, 0.15) is 32.1 Å². The van der Waals surface area contributed by atoms with Crippen LogP contribution in [0.4, 0.5) is 5.69 Å². The van der Waals surface area contributed by atoms with Gasteiger partial charge in [-0.3, -0.25) is 9.59 Å².